The van der Waals surface area contributed by atoms with Crippen molar-refractivity contribution in [3.63, 3.8) is 0 Å². The van der Waals surface area contributed by atoms with Crippen LogP contribution in [0.4, 0.5) is 0 Å². The molecule has 0 saturated carbocycles. The molecule has 2 N–H and O–H groups in total. The van der Waals surface area contributed by atoms with Crippen molar-refractivity contribution in [2.24, 2.45) is 0 Å². The lowest BCUT2D eigenvalue weighted by atomic mass is 10.3. The predicted molar refractivity (Wildman–Crippen MR) is 58.3 cm³/mol. The second-order valence-electron chi connectivity index (χ2n) is 4.41. The van der Waals surface area contributed by atoms with Crippen LogP contribution in [0.3, 0.4) is 0 Å². The average Bonchev–Trinajstić information content (AvgIpc) is 2.73. The van der Waals surface area contributed by atoms with E-state index in [1.807, 2.05) is 0 Å². The van der Waals surface area contributed by atoms with E-state index in [0.29, 0.717) is 19.4 Å². The van der Waals surface area contributed by atoms with Crippen molar-refractivity contribution in [1.82, 2.24) is 0 Å². The first-order valence-corrected chi connectivity index (χ1v) is 5.72. The summed E-state index contributed by atoms with van der Waals surface area (Å²) in [6.45, 7) is 3.65. The topological polar surface area (TPSA) is 102 Å². The van der Waals surface area contributed by atoms with E-state index in [1.54, 1.807) is 13.8 Å². The van der Waals surface area contributed by atoms with Crippen LogP contribution >= 0.6 is 0 Å². The summed E-state index contributed by atoms with van der Waals surface area (Å²) >= 11 is 0. The lowest BCUT2D eigenvalue weighted by Gasteiger charge is -2.14. The van der Waals surface area contributed by atoms with Gasteiger partial charge in [-0.05, 0) is 0 Å². The molecule has 0 radical (unpaired) electrons. The Kier molecular flexibility index (Phi) is 5.06. The Labute approximate surface area is 105 Å². The minimum Gasteiger partial charge on any atom is -0.464 e. The van der Waals surface area contributed by atoms with Gasteiger partial charge in [-0.1, -0.05) is 0 Å². The molecule has 0 aliphatic carbocycles. The van der Waals surface area contributed by atoms with Crippen molar-refractivity contribution in [1.29, 1.82) is 0 Å². The van der Waals surface area contributed by atoms with Crippen molar-refractivity contribution in [2.45, 2.75) is 44.7 Å². The Bertz CT molecular complexity index is 313. The van der Waals surface area contributed by atoms with Gasteiger partial charge in [0.1, 0.15) is 0 Å². The molecule has 0 aromatic carbocycles. The number of hydrogen-bond donors (Lipinski definition) is 2. The van der Waals surface area contributed by atoms with Gasteiger partial charge in [0.05, 0.1) is 6.61 Å². The standard InChI is InChI=1S/C7H12O4.C4H6O3/c1-7(2)10-5(3-4-8)6(9)11-7;5-3-1-2-7-4(3)6/h5,8H,3-4H2,1-2H3;3,5H,1-2H2/t5-;3-/m11/s1. The molecule has 0 aromatic rings. The molecule has 0 amide bonds. The summed E-state index contributed by atoms with van der Waals surface area (Å²) in [7, 11) is 0. The molecule has 0 bridgehead atoms. The van der Waals surface area contributed by atoms with Crippen LogP contribution in [0, 0.1) is 0 Å². The largest absolute Gasteiger partial charge is 0.464 e. The van der Waals surface area contributed by atoms with Gasteiger partial charge in [0, 0.05) is 33.3 Å². The van der Waals surface area contributed by atoms with Gasteiger partial charge in [0.2, 0.25) is 5.79 Å². The van der Waals surface area contributed by atoms with Gasteiger partial charge in [0.15, 0.2) is 12.2 Å². The smallest absolute Gasteiger partial charge is 0.338 e. The van der Waals surface area contributed by atoms with Gasteiger partial charge in [-0.2, -0.15) is 0 Å². The van der Waals surface area contributed by atoms with E-state index in [-0.39, 0.29) is 12.6 Å². The fraction of sp³-hybridized carbons (Fsp3) is 0.818. The van der Waals surface area contributed by atoms with Crippen LogP contribution in [-0.2, 0) is 23.8 Å². The molecule has 2 fully saturated rings. The van der Waals surface area contributed by atoms with Crippen molar-refractivity contribution in [3.05, 3.63) is 0 Å². The minimum atomic E-state index is -0.847. The van der Waals surface area contributed by atoms with E-state index in [4.69, 9.17) is 19.7 Å². The summed E-state index contributed by atoms with van der Waals surface area (Å²) in [5.74, 6) is -1.69. The van der Waals surface area contributed by atoms with Crippen LogP contribution in [-0.4, -0.2) is 53.4 Å². The Morgan fingerprint density at radius 3 is 2.28 bits per heavy atom. The Hall–Kier alpha value is -1.18. The zero-order valence-electron chi connectivity index (χ0n) is 10.4. The summed E-state index contributed by atoms with van der Waals surface area (Å²) in [6, 6.07) is 0. The molecule has 0 unspecified atom stereocenters. The molecule has 2 aliphatic heterocycles. The molecule has 18 heavy (non-hydrogen) atoms. The summed E-state index contributed by atoms with van der Waals surface area (Å²) in [5, 5.41) is 17.1. The zero-order chi connectivity index (χ0) is 13.8. The van der Waals surface area contributed by atoms with Gasteiger partial charge in [-0.3, -0.25) is 0 Å². The third kappa shape index (κ3) is 4.25. The highest BCUT2D eigenvalue weighted by Crippen LogP contribution is 2.24. The molecule has 2 rings (SSSR count). The van der Waals surface area contributed by atoms with E-state index < -0.39 is 24.0 Å². The number of carbonyl (C=O) groups is 2. The number of ether oxygens (including phenoxy) is 3. The number of carbonyl (C=O) groups excluding carboxylic acids is 2. The highest BCUT2D eigenvalue weighted by molar-refractivity contribution is 5.76. The maximum Gasteiger partial charge on any atom is 0.338 e. The summed E-state index contributed by atoms with van der Waals surface area (Å²) in [4.78, 5) is 21.0. The highest BCUT2D eigenvalue weighted by Gasteiger charge is 2.40. The first kappa shape index (κ1) is 14.9. The molecule has 2 atom stereocenters. The van der Waals surface area contributed by atoms with E-state index in [2.05, 4.69) is 4.74 Å². The van der Waals surface area contributed by atoms with Gasteiger partial charge in [-0.25, -0.2) is 9.59 Å². The van der Waals surface area contributed by atoms with Crippen LogP contribution in [0.25, 0.3) is 0 Å². The second-order valence-corrected chi connectivity index (χ2v) is 4.41. The number of aliphatic hydroxyl groups is 2. The third-order valence-corrected chi connectivity index (χ3v) is 2.33. The molecule has 2 aliphatic rings. The Morgan fingerprint density at radius 1 is 1.33 bits per heavy atom. The van der Waals surface area contributed by atoms with Crippen molar-refractivity contribution >= 4 is 11.9 Å². The summed E-state index contributed by atoms with van der Waals surface area (Å²) in [5.41, 5.74) is 0. The predicted octanol–water partition coefficient (Wildman–Crippen LogP) is -0.659. The van der Waals surface area contributed by atoms with E-state index >= 15 is 0 Å². The van der Waals surface area contributed by atoms with Crippen molar-refractivity contribution in [3.8, 4) is 0 Å². The molecule has 7 nitrogen and oxygen atoms in total. The molecule has 104 valence electrons. The molecule has 2 heterocycles. The van der Waals surface area contributed by atoms with Crippen LogP contribution < -0.4 is 0 Å². The van der Waals surface area contributed by atoms with Crippen molar-refractivity contribution in [2.75, 3.05) is 13.2 Å². The van der Waals surface area contributed by atoms with Gasteiger partial charge < -0.3 is 24.4 Å². The SMILES string of the molecule is CC1(C)OC(=O)[C@@H](CCO)O1.O=C1OCC[C@H]1O. The van der Waals surface area contributed by atoms with E-state index in [9.17, 15) is 9.59 Å². The summed E-state index contributed by atoms with van der Waals surface area (Å²) < 4.78 is 14.4. The molecular formula is C11H18O7. The monoisotopic (exact) mass is 262 g/mol. The quantitative estimate of drug-likeness (QED) is 0.637. The van der Waals surface area contributed by atoms with E-state index in [1.165, 1.54) is 0 Å². The molecule has 7 heteroatoms. The van der Waals surface area contributed by atoms with Gasteiger partial charge in [0.25, 0.3) is 0 Å². The fourth-order valence-electron chi connectivity index (χ4n) is 1.50. The first-order chi connectivity index (χ1) is 8.35. The van der Waals surface area contributed by atoms with Crippen LogP contribution in [0.1, 0.15) is 26.7 Å². The summed E-state index contributed by atoms with van der Waals surface area (Å²) in [6.07, 6.45) is -0.670. The third-order valence-electron chi connectivity index (χ3n) is 2.33. The Balaban J connectivity index is 0.000000199. The fourth-order valence-corrected chi connectivity index (χ4v) is 1.50. The van der Waals surface area contributed by atoms with Gasteiger partial charge in [-0.15, -0.1) is 0 Å². The van der Waals surface area contributed by atoms with Crippen molar-refractivity contribution < 1.29 is 34.0 Å². The van der Waals surface area contributed by atoms with E-state index in [0.717, 1.165) is 0 Å². The maximum absolute atomic E-state index is 10.9. The lowest BCUT2D eigenvalue weighted by Crippen LogP contribution is -2.21. The first-order valence-electron chi connectivity index (χ1n) is 5.72. The maximum atomic E-state index is 10.9. The average molecular weight is 262 g/mol. The molecule has 2 saturated heterocycles. The van der Waals surface area contributed by atoms with Crippen LogP contribution in [0.5, 0.6) is 0 Å². The molecular weight excluding hydrogens is 244 g/mol. The van der Waals surface area contributed by atoms with Crippen LogP contribution in [0.2, 0.25) is 0 Å². The highest BCUT2D eigenvalue weighted by atomic mass is 16.8. The Morgan fingerprint density at radius 2 is 2.00 bits per heavy atom. The van der Waals surface area contributed by atoms with Crippen LogP contribution in [0.15, 0.2) is 0 Å². The number of hydrogen-bond acceptors (Lipinski definition) is 7. The minimum absolute atomic E-state index is 0.0597. The number of aliphatic hydroxyl groups excluding tert-OH is 2. The number of rotatable bonds is 2. The lowest BCUT2D eigenvalue weighted by molar-refractivity contribution is -0.161. The normalized spacial score (nSPS) is 29.3. The second kappa shape index (κ2) is 6.12. The molecule has 0 spiro atoms. The zero-order valence-corrected chi connectivity index (χ0v) is 10.4. The van der Waals surface area contributed by atoms with Gasteiger partial charge >= 0.3 is 11.9 Å². The number of esters is 2. The molecule has 0 aromatic heterocycles. The number of cyclic esters (lactones) is 2.